The van der Waals surface area contributed by atoms with Crippen LogP contribution in [0.3, 0.4) is 0 Å². The highest BCUT2D eigenvalue weighted by molar-refractivity contribution is 4.86. The second kappa shape index (κ2) is 6.91. The molecular formula is C16H33NO. The van der Waals surface area contributed by atoms with Gasteiger partial charge < -0.3 is 10.1 Å². The van der Waals surface area contributed by atoms with Gasteiger partial charge in [0.15, 0.2) is 0 Å². The standard InChI is InChI=1S/C16H33NO/c1-12(2)13-7-8-15(17-5)14(11-13)9-10-16(3,4)18-6/h12-15,17H,7-11H2,1-6H3. The van der Waals surface area contributed by atoms with Crippen LogP contribution in [0.4, 0.5) is 0 Å². The van der Waals surface area contributed by atoms with Gasteiger partial charge in [0, 0.05) is 13.2 Å². The zero-order valence-electron chi connectivity index (χ0n) is 13.3. The maximum absolute atomic E-state index is 5.55. The molecule has 1 saturated carbocycles. The predicted octanol–water partition coefficient (Wildman–Crippen LogP) is 3.85. The van der Waals surface area contributed by atoms with E-state index >= 15 is 0 Å². The number of hydrogen-bond acceptors (Lipinski definition) is 2. The lowest BCUT2D eigenvalue weighted by Gasteiger charge is -2.39. The molecule has 0 heterocycles. The number of methoxy groups -OCH3 is 1. The second-order valence-corrected chi connectivity index (χ2v) is 6.97. The van der Waals surface area contributed by atoms with Crippen molar-refractivity contribution in [2.24, 2.45) is 17.8 Å². The molecule has 2 nitrogen and oxygen atoms in total. The van der Waals surface area contributed by atoms with Crippen molar-refractivity contribution >= 4 is 0 Å². The summed E-state index contributed by atoms with van der Waals surface area (Å²) in [5.41, 5.74) is 0.0308. The minimum atomic E-state index is 0.0308. The third-order valence-corrected chi connectivity index (χ3v) is 5.01. The lowest BCUT2D eigenvalue weighted by atomic mass is 9.71. The fraction of sp³-hybridized carbons (Fsp3) is 1.00. The van der Waals surface area contributed by atoms with Gasteiger partial charge in [0.1, 0.15) is 0 Å². The van der Waals surface area contributed by atoms with Gasteiger partial charge in [-0.1, -0.05) is 13.8 Å². The van der Waals surface area contributed by atoms with Crippen LogP contribution in [0, 0.1) is 17.8 Å². The Morgan fingerprint density at radius 2 is 1.94 bits per heavy atom. The molecule has 1 aliphatic carbocycles. The van der Waals surface area contributed by atoms with Crippen molar-refractivity contribution in [1.29, 1.82) is 0 Å². The maximum Gasteiger partial charge on any atom is 0.0622 e. The van der Waals surface area contributed by atoms with Gasteiger partial charge in [-0.2, -0.15) is 0 Å². The molecule has 0 aromatic heterocycles. The molecular weight excluding hydrogens is 222 g/mol. The topological polar surface area (TPSA) is 21.3 Å². The van der Waals surface area contributed by atoms with Crippen molar-refractivity contribution in [3.63, 3.8) is 0 Å². The largest absolute Gasteiger partial charge is 0.379 e. The Morgan fingerprint density at radius 1 is 1.28 bits per heavy atom. The Labute approximate surface area is 114 Å². The zero-order chi connectivity index (χ0) is 13.8. The summed E-state index contributed by atoms with van der Waals surface area (Å²) in [4.78, 5) is 0. The molecule has 108 valence electrons. The summed E-state index contributed by atoms with van der Waals surface area (Å²) >= 11 is 0. The van der Waals surface area contributed by atoms with Crippen LogP contribution < -0.4 is 5.32 Å². The molecule has 1 fully saturated rings. The fourth-order valence-corrected chi connectivity index (χ4v) is 3.24. The Bertz CT molecular complexity index is 237. The average molecular weight is 255 g/mol. The highest BCUT2D eigenvalue weighted by Gasteiger charge is 2.32. The molecule has 0 spiro atoms. The molecule has 18 heavy (non-hydrogen) atoms. The molecule has 0 saturated heterocycles. The molecule has 1 rings (SSSR count). The van der Waals surface area contributed by atoms with Gasteiger partial charge in [-0.05, 0) is 70.8 Å². The van der Waals surface area contributed by atoms with Crippen LogP contribution in [-0.4, -0.2) is 25.8 Å². The van der Waals surface area contributed by atoms with E-state index in [2.05, 4.69) is 40.1 Å². The van der Waals surface area contributed by atoms with Gasteiger partial charge in [0.2, 0.25) is 0 Å². The lowest BCUT2D eigenvalue weighted by Crippen LogP contribution is -2.40. The summed E-state index contributed by atoms with van der Waals surface area (Å²) in [6.07, 6.45) is 6.58. The predicted molar refractivity (Wildman–Crippen MR) is 78.8 cm³/mol. The summed E-state index contributed by atoms with van der Waals surface area (Å²) in [6, 6.07) is 0.715. The summed E-state index contributed by atoms with van der Waals surface area (Å²) in [5.74, 6) is 2.58. The van der Waals surface area contributed by atoms with Crippen molar-refractivity contribution in [3.8, 4) is 0 Å². The van der Waals surface area contributed by atoms with E-state index in [4.69, 9.17) is 4.74 Å². The minimum absolute atomic E-state index is 0.0308. The van der Waals surface area contributed by atoms with Crippen molar-refractivity contribution in [2.45, 2.75) is 71.4 Å². The molecule has 0 amide bonds. The van der Waals surface area contributed by atoms with Gasteiger partial charge >= 0.3 is 0 Å². The third-order valence-electron chi connectivity index (χ3n) is 5.01. The molecule has 0 aromatic carbocycles. The Hall–Kier alpha value is -0.0800. The van der Waals surface area contributed by atoms with Crippen LogP contribution in [0.1, 0.15) is 59.8 Å². The third kappa shape index (κ3) is 4.55. The average Bonchev–Trinajstić information content (AvgIpc) is 2.36. The molecule has 3 unspecified atom stereocenters. The lowest BCUT2D eigenvalue weighted by molar-refractivity contribution is 0.00570. The highest BCUT2D eigenvalue weighted by Crippen LogP contribution is 2.37. The summed E-state index contributed by atoms with van der Waals surface area (Å²) in [5, 5.41) is 3.53. The van der Waals surface area contributed by atoms with E-state index in [1.54, 1.807) is 0 Å². The van der Waals surface area contributed by atoms with Gasteiger partial charge in [-0.15, -0.1) is 0 Å². The van der Waals surface area contributed by atoms with E-state index in [9.17, 15) is 0 Å². The van der Waals surface area contributed by atoms with Crippen LogP contribution in [0.5, 0.6) is 0 Å². The Kier molecular flexibility index (Phi) is 6.13. The highest BCUT2D eigenvalue weighted by atomic mass is 16.5. The minimum Gasteiger partial charge on any atom is -0.379 e. The van der Waals surface area contributed by atoms with E-state index in [1.807, 2.05) is 7.11 Å². The Balaban J connectivity index is 2.52. The van der Waals surface area contributed by atoms with Gasteiger partial charge in [-0.3, -0.25) is 0 Å². The van der Waals surface area contributed by atoms with E-state index < -0.39 is 0 Å². The normalized spacial score (nSPS) is 29.8. The van der Waals surface area contributed by atoms with Crippen molar-refractivity contribution in [3.05, 3.63) is 0 Å². The van der Waals surface area contributed by atoms with Crippen LogP contribution >= 0.6 is 0 Å². The van der Waals surface area contributed by atoms with E-state index in [0.717, 1.165) is 24.2 Å². The van der Waals surface area contributed by atoms with Crippen LogP contribution in [0.2, 0.25) is 0 Å². The first-order valence-electron chi connectivity index (χ1n) is 7.62. The summed E-state index contributed by atoms with van der Waals surface area (Å²) in [7, 11) is 3.95. The van der Waals surface area contributed by atoms with E-state index in [1.165, 1.54) is 25.7 Å². The van der Waals surface area contributed by atoms with Crippen molar-refractivity contribution in [2.75, 3.05) is 14.2 Å². The summed E-state index contributed by atoms with van der Waals surface area (Å²) in [6.45, 7) is 9.15. The van der Waals surface area contributed by atoms with Gasteiger partial charge in [0.25, 0.3) is 0 Å². The quantitative estimate of drug-likeness (QED) is 0.778. The van der Waals surface area contributed by atoms with Gasteiger partial charge in [0.05, 0.1) is 5.60 Å². The first kappa shape index (κ1) is 16.0. The number of nitrogens with one attached hydrogen (secondary N) is 1. The monoisotopic (exact) mass is 255 g/mol. The van der Waals surface area contributed by atoms with Crippen LogP contribution in [0.15, 0.2) is 0 Å². The van der Waals surface area contributed by atoms with Gasteiger partial charge in [-0.25, -0.2) is 0 Å². The smallest absolute Gasteiger partial charge is 0.0622 e. The molecule has 1 N–H and O–H groups in total. The summed E-state index contributed by atoms with van der Waals surface area (Å²) < 4.78 is 5.55. The van der Waals surface area contributed by atoms with Crippen LogP contribution in [0.25, 0.3) is 0 Å². The van der Waals surface area contributed by atoms with E-state index in [-0.39, 0.29) is 5.60 Å². The molecule has 1 aliphatic rings. The number of ether oxygens (including phenoxy) is 1. The van der Waals surface area contributed by atoms with Crippen molar-refractivity contribution in [1.82, 2.24) is 5.32 Å². The van der Waals surface area contributed by atoms with E-state index in [0.29, 0.717) is 6.04 Å². The first-order valence-corrected chi connectivity index (χ1v) is 7.62. The number of hydrogen-bond donors (Lipinski definition) is 1. The SMILES string of the molecule is CNC1CCC(C(C)C)CC1CCC(C)(C)OC. The molecule has 0 aromatic rings. The molecule has 0 aliphatic heterocycles. The van der Waals surface area contributed by atoms with Crippen LogP contribution in [-0.2, 0) is 4.74 Å². The fourth-order valence-electron chi connectivity index (χ4n) is 3.24. The molecule has 2 heteroatoms. The molecule has 0 radical (unpaired) electrons. The zero-order valence-corrected chi connectivity index (χ0v) is 13.3. The second-order valence-electron chi connectivity index (χ2n) is 6.97. The Morgan fingerprint density at radius 3 is 2.44 bits per heavy atom. The first-order chi connectivity index (χ1) is 8.39. The maximum atomic E-state index is 5.55. The van der Waals surface area contributed by atoms with Crippen molar-refractivity contribution < 1.29 is 4.74 Å². The molecule has 0 bridgehead atoms. The number of rotatable bonds is 6. The molecule has 3 atom stereocenters.